The van der Waals surface area contributed by atoms with Gasteiger partial charge in [0.15, 0.2) is 0 Å². The van der Waals surface area contributed by atoms with Crippen molar-refractivity contribution < 1.29 is 14.4 Å². The zero-order valence-electron chi connectivity index (χ0n) is 15.3. The number of rotatable bonds is 9. The number of amides is 1. The van der Waals surface area contributed by atoms with Gasteiger partial charge in [-0.15, -0.1) is 0 Å². The van der Waals surface area contributed by atoms with E-state index in [2.05, 4.69) is 12.1 Å². The number of unbranched alkanes of at least 4 members (excludes halogenated alkanes) is 1. The molecule has 136 valence electrons. The number of benzene rings is 1. The van der Waals surface area contributed by atoms with Crippen LogP contribution in [0.25, 0.3) is 0 Å². The third kappa shape index (κ3) is 5.25. The molecule has 4 nitrogen and oxygen atoms in total. The summed E-state index contributed by atoms with van der Waals surface area (Å²) in [6.07, 6.45) is 5.51. The number of aryl methyl sites for hydroxylation is 1. The van der Waals surface area contributed by atoms with E-state index in [4.69, 9.17) is 0 Å². The molecule has 25 heavy (non-hydrogen) atoms. The fraction of sp³-hybridized carbons (Fsp3) is 0.571. The van der Waals surface area contributed by atoms with E-state index < -0.39 is 5.92 Å². The number of hydrogen-bond acceptors (Lipinski definition) is 3. The first kappa shape index (κ1) is 19.4. The second-order valence-electron chi connectivity index (χ2n) is 7.26. The molecule has 1 aliphatic rings. The summed E-state index contributed by atoms with van der Waals surface area (Å²) in [6.45, 7) is 4.42. The van der Waals surface area contributed by atoms with E-state index in [1.807, 2.05) is 32.0 Å². The van der Waals surface area contributed by atoms with Crippen LogP contribution < -0.4 is 0 Å². The summed E-state index contributed by atoms with van der Waals surface area (Å²) in [5.74, 6) is -0.790. The van der Waals surface area contributed by atoms with Gasteiger partial charge in [-0.2, -0.15) is 0 Å². The number of hydrogen-bond donors (Lipinski definition) is 0. The minimum absolute atomic E-state index is 0.0182. The molecular formula is C21H29NO3. The Morgan fingerprint density at radius 3 is 2.56 bits per heavy atom. The first-order valence-electron chi connectivity index (χ1n) is 9.37. The van der Waals surface area contributed by atoms with Gasteiger partial charge in [0, 0.05) is 13.0 Å². The molecule has 1 saturated heterocycles. The zero-order chi connectivity index (χ0) is 18.2. The molecule has 2 rings (SSSR count). The molecule has 0 radical (unpaired) electrons. The lowest BCUT2D eigenvalue weighted by atomic mass is 9.87. The van der Waals surface area contributed by atoms with Gasteiger partial charge in [-0.25, -0.2) is 0 Å². The van der Waals surface area contributed by atoms with Gasteiger partial charge in [0.25, 0.3) is 0 Å². The minimum Gasteiger partial charge on any atom is -0.332 e. The van der Waals surface area contributed by atoms with Crippen LogP contribution in [-0.2, 0) is 20.8 Å². The topological polar surface area (TPSA) is 54.5 Å². The first-order valence-corrected chi connectivity index (χ1v) is 9.37. The number of Topliss-reactive ketones (excluding diaryl/α,β-unsaturated/α-hetero) is 1. The second kappa shape index (κ2) is 9.50. The molecule has 1 aliphatic heterocycles. The van der Waals surface area contributed by atoms with E-state index in [0.29, 0.717) is 19.4 Å². The molecule has 0 aromatic heterocycles. The first-order chi connectivity index (χ1) is 12.0. The Labute approximate surface area is 150 Å². The molecule has 0 spiro atoms. The third-order valence-electron chi connectivity index (χ3n) is 5.00. The van der Waals surface area contributed by atoms with Crippen molar-refractivity contribution in [2.24, 2.45) is 11.8 Å². The Hall–Kier alpha value is -1.97. The highest BCUT2D eigenvalue weighted by Gasteiger charge is 2.37. The lowest BCUT2D eigenvalue weighted by Gasteiger charge is -2.27. The van der Waals surface area contributed by atoms with Gasteiger partial charge in [-0.3, -0.25) is 9.59 Å². The third-order valence-corrected chi connectivity index (χ3v) is 5.00. The molecule has 1 fully saturated rings. The molecule has 0 bridgehead atoms. The van der Waals surface area contributed by atoms with E-state index in [1.54, 1.807) is 4.90 Å². The second-order valence-corrected chi connectivity index (χ2v) is 7.26. The van der Waals surface area contributed by atoms with Gasteiger partial charge in [0.2, 0.25) is 5.91 Å². The van der Waals surface area contributed by atoms with Gasteiger partial charge in [0.05, 0.1) is 12.0 Å². The minimum atomic E-state index is -0.614. The highest BCUT2D eigenvalue weighted by Crippen LogP contribution is 2.24. The summed E-state index contributed by atoms with van der Waals surface area (Å²) in [5.41, 5.74) is 1.28. The van der Waals surface area contributed by atoms with Crippen molar-refractivity contribution in [1.82, 2.24) is 4.90 Å². The van der Waals surface area contributed by atoms with Crippen molar-refractivity contribution in [3.8, 4) is 0 Å². The molecule has 1 unspecified atom stereocenters. The molecule has 1 aromatic rings. The fourth-order valence-electron chi connectivity index (χ4n) is 3.61. The quantitative estimate of drug-likeness (QED) is 0.392. The van der Waals surface area contributed by atoms with Gasteiger partial charge >= 0.3 is 0 Å². The van der Waals surface area contributed by atoms with Crippen molar-refractivity contribution in [3.63, 3.8) is 0 Å². The Morgan fingerprint density at radius 2 is 1.92 bits per heavy atom. The van der Waals surface area contributed by atoms with E-state index in [1.165, 1.54) is 5.56 Å². The average molecular weight is 343 g/mol. The summed E-state index contributed by atoms with van der Waals surface area (Å²) < 4.78 is 0. The largest absolute Gasteiger partial charge is 0.332 e. The van der Waals surface area contributed by atoms with Crippen molar-refractivity contribution in [2.45, 2.75) is 58.4 Å². The monoisotopic (exact) mass is 343 g/mol. The maximum atomic E-state index is 12.8. The molecule has 1 amide bonds. The Morgan fingerprint density at radius 1 is 1.20 bits per heavy atom. The molecule has 4 heteroatoms. The van der Waals surface area contributed by atoms with Crippen molar-refractivity contribution in [1.29, 1.82) is 0 Å². The number of carbonyl (C=O) groups is 3. The molecular weight excluding hydrogens is 314 g/mol. The zero-order valence-corrected chi connectivity index (χ0v) is 15.3. The van der Waals surface area contributed by atoms with E-state index in [0.717, 1.165) is 32.0 Å². The van der Waals surface area contributed by atoms with E-state index in [-0.39, 0.29) is 23.7 Å². The van der Waals surface area contributed by atoms with Crippen molar-refractivity contribution in [3.05, 3.63) is 35.9 Å². The van der Waals surface area contributed by atoms with Gasteiger partial charge < -0.3 is 9.69 Å². The van der Waals surface area contributed by atoms with Crippen molar-refractivity contribution >= 4 is 18.0 Å². The van der Waals surface area contributed by atoms with Crippen LogP contribution in [0.4, 0.5) is 0 Å². The molecule has 0 saturated carbocycles. The van der Waals surface area contributed by atoms with Crippen LogP contribution in [0.2, 0.25) is 0 Å². The predicted molar refractivity (Wildman–Crippen MR) is 98.1 cm³/mol. The average Bonchev–Trinajstić information content (AvgIpc) is 3.08. The van der Waals surface area contributed by atoms with Gasteiger partial charge in [-0.1, -0.05) is 44.2 Å². The Bertz CT molecular complexity index is 582. The van der Waals surface area contributed by atoms with Crippen LogP contribution >= 0.6 is 0 Å². The van der Waals surface area contributed by atoms with Gasteiger partial charge in [-0.05, 0) is 43.6 Å². The van der Waals surface area contributed by atoms with Crippen LogP contribution in [0.1, 0.15) is 51.5 Å². The van der Waals surface area contributed by atoms with Crippen LogP contribution in [-0.4, -0.2) is 35.5 Å². The highest BCUT2D eigenvalue weighted by molar-refractivity contribution is 6.02. The molecule has 1 heterocycles. The SMILES string of the molecule is CC(C)C(C(=O)CCCCc1ccccc1)C(=O)N1CCC[C@H]1C=O. The summed E-state index contributed by atoms with van der Waals surface area (Å²) in [7, 11) is 0. The smallest absolute Gasteiger partial charge is 0.234 e. The van der Waals surface area contributed by atoms with Crippen LogP contribution in [0, 0.1) is 11.8 Å². The molecule has 0 N–H and O–H groups in total. The van der Waals surface area contributed by atoms with Crippen LogP contribution in [0.5, 0.6) is 0 Å². The van der Waals surface area contributed by atoms with E-state index in [9.17, 15) is 14.4 Å². The maximum Gasteiger partial charge on any atom is 0.234 e. The molecule has 1 aromatic carbocycles. The normalized spacial score (nSPS) is 18.4. The van der Waals surface area contributed by atoms with Gasteiger partial charge in [0.1, 0.15) is 12.1 Å². The summed E-state index contributed by atoms with van der Waals surface area (Å²) in [6, 6.07) is 9.88. The lowest BCUT2D eigenvalue weighted by Crippen LogP contribution is -2.44. The number of aldehydes is 1. The number of nitrogens with zero attached hydrogens (tertiary/aromatic N) is 1. The number of carbonyl (C=O) groups excluding carboxylic acids is 3. The van der Waals surface area contributed by atoms with Crippen LogP contribution in [0.15, 0.2) is 30.3 Å². The van der Waals surface area contributed by atoms with E-state index >= 15 is 0 Å². The summed E-state index contributed by atoms with van der Waals surface area (Å²) in [5, 5.41) is 0. The Kier molecular flexibility index (Phi) is 7.35. The summed E-state index contributed by atoms with van der Waals surface area (Å²) in [4.78, 5) is 38.2. The van der Waals surface area contributed by atoms with Crippen molar-refractivity contribution in [2.75, 3.05) is 6.54 Å². The molecule has 0 aliphatic carbocycles. The summed E-state index contributed by atoms with van der Waals surface area (Å²) >= 11 is 0. The van der Waals surface area contributed by atoms with Crippen LogP contribution in [0.3, 0.4) is 0 Å². The highest BCUT2D eigenvalue weighted by atomic mass is 16.2. The number of ketones is 1. The lowest BCUT2D eigenvalue weighted by molar-refractivity contribution is -0.145. The standard InChI is InChI=1S/C21H29NO3/c1-16(2)20(21(25)22-14-8-12-18(22)15-23)19(24)13-7-6-11-17-9-4-3-5-10-17/h3-5,9-10,15-16,18,20H,6-8,11-14H2,1-2H3/t18-,20?/m0/s1. The predicted octanol–water partition coefficient (Wildman–Crippen LogP) is 3.43. The fourth-order valence-corrected chi connectivity index (χ4v) is 3.61. The Balaban J connectivity index is 1.87. The number of likely N-dealkylation sites (tertiary alicyclic amines) is 1. The molecule has 2 atom stereocenters. The maximum absolute atomic E-state index is 12.8.